The lowest BCUT2D eigenvalue weighted by molar-refractivity contribution is 0.327. The largest absolute Gasteiger partial charge is 0.398 e. The molecule has 2 nitrogen and oxygen atoms in total. The van der Waals surface area contributed by atoms with Crippen molar-refractivity contribution < 1.29 is 0 Å². The number of nitrogens with two attached hydrogens (primary N) is 2. The molecule has 14 heavy (non-hydrogen) atoms. The van der Waals surface area contributed by atoms with E-state index < -0.39 is 0 Å². The third-order valence-electron chi connectivity index (χ3n) is 2.31. The van der Waals surface area contributed by atoms with Crippen LogP contribution in [0.5, 0.6) is 0 Å². The van der Waals surface area contributed by atoms with Crippen LogP contribution in [0, 0.1) is 5.41 Å². The zero-order valence-electron chi connectivity index (χ0n) is 8.84. The van der Waals surface area contributed by atoms with Gasteiger partial charge >= 0.3 is 0 Å². The average Bonchev–Trinajstić information content (AvgIpc) is 2.07. The maximum atomic E-state index is 6.09. The molecule has 0 fully saturated rings. The normalized spacial score (nSPS) is 14.1. The highest BCUT2D eigenvalue weighted by Crippen LogP contribution is 2.32. The summed E-state index contributed by atoms with van der Waals surface area (Å²) in [4.78, 5) is 0. The van der Waals surface area contributed by atoms with Gasteiger partial charge in [-0.25, -0.2) is 0 Å². The van der Waals surface area contributed by atoms with E-state index in [1.807, 2.05) is 12.1 Å². The second-order valence-corrected chi connectivity index (χ2v) is 5.03. The minimum absolute atomic E-state index is 0.0259. The van der Waals surface area contributed by atoms with Gasteiger partial charge in [0.05, 0.1) is 10.7 Å². The first-order chi connectivity index (χ1) is 6.32. The summed E-state index contributed by atoms with van der Waals surface area (Å²) in [6.45, 7) is 6.30. The maximum Gasteiger partial charge on any atom is 0.0635 e. The number of hydrogen-bond donors (Lipinski definition) is 2. The maximum absolute atomic E-state index is 6.09. The van der Waals surface area contributed by atoms with Gasteiger partial charge in [-0.3, -0.25) is 0 Å². The van der Waals surface area contributed by atoms with Gasteiger partial charge in [0.25, 0.3) is 0 Å². The molecular weight excluding hydrogens is 196 g/mol. The predicted molar refractivity (Wildman–Crippen MR) is 62.2 cm³/mol. The predicted octanol–water partition coefficient (Wildman–Crippen LogP) is 2.97. The van der Waals surface area contributed by atoms with Crippen molar-refractivity contribution in [1.82, 2.24) is 0 Å². The topological polar surface area (TPSA) is 52.0 Å². The highest BCUT2D eigenvalue weighted by atomic mass is 35.5. The molecule has 0 bridgehead atoms. The van der Waals surface area contributed by atoms with E-state index in [0.29, 0.717) is 10.7 Å². The van der Waals surface area contributed by atoms with Gasteiger partial charge in [-0.15, -0.1) is 0 Å². The monoisotopic (exact) mass is 212 g/mol. The van der Waals surface area contributed by atoms with Crippen LogP contribution in [0.4, 0.5) is 5.69 Å². The van der Waals surface area contributed by atoms with Gasteiger partial charge < -0.3 is 11.5 Å². The molecule has 0 spiro atoms. The molecule has 1 atom stereocenters. The minimum Gasteiger partial charge on any atom is -0.398 e. The summed E-state index contributed by atoms with van der Waals surface area (Å²) in [5.74, 6) is 0. The van der Waals surface area contributed by atoms with Crippen molar-refractivity contribution in [2.45, 2.75) is 26.8 Å². The molecule has 0 aliphatic rings. The van der Waals surface area contributed by atoms with E-state index in [2.05, 4.69) is 20.8 Å². The molecule has 0 saturated heterocycles. The molecule has 4 N–H and O–H groups in total. The highest BCUT2D eigenvalue weighted by molar-refractivity contribution is 6.33. The fraction of sp³-hybridized carbons (Fsp3) is 0.455. The number of benzene rings is 1. The van der Waals surface area contributed by atoms with Crippen molar-refractivity contribution >= 4 is 17.3 Å². The van der Waals surface area contributed by atoms with E-state index in [4.69, 9.17) is 23.1 Å². The molecule has 1 rings (SSSR count). The summed E-state index contributed by atoms with van der Waals surface area (Å²) in [5, 5.41) is 0.579. The van der Waals surface area contributed by atoms with E-state index in [0.717, 1.165) is 5.56 Å². The van der Waals surface area contributed by atoms with Crippen LogP contribution in [0.3, 0.4) is 0 Å². The Kier molecular flexibility index (Phi) is 3.07. The first-order valence-corrected chi connectivity index (χ1v) is 5.00. The second-order valence-electron chi connectivity index (χ2n) is 4.62. The summed E-state index contributed by atoms with van der Waals surface area (Å²) in [7, 11) is 0. The Morgan fingerprint density at radius 2 is 1.86 bits per heavy atom. The molecule has 0 aliphatic carbocycles. The van der Waals surface area contributed by atoms with Gasteiger partial charge in [0.15, 0.2) is 0 Å². The first kappa shape index (κ1) is 11.3. The zero-order chi connectivity index (χ0) is 10.9. The van der Waals surface area contributed by atoms with Gasteiger partial charge in [0.2, 0.25) is 0 Å². The van der Waals surface area contributed by atoms with E-state index in [9.17, 15) is 0 Å². The molecule has 1 aromatic rings. The molecule has 0 radical (unpaired) electrons. The number of rotatable bonds is 1. The van der Waals surface area contributed by atoms with Crippen molar-refractivity contribution in [3.05, 3.63) is 28.8 Å². The Hall–Kier alpha value is -0.730. The molecule has 78 valence electrons. The number of anilines is 1. The number of hydrogen-bond acceptors (Lipinski definition) is 2. The molecule has 0 saturated carbocycles. The smallest absolute Gasteiger partial charge is 0.0635 e. The molecule has 0 aliphatic heterocycles. The zero-order valence-corrected chi connectivity index (χ0v) is 9.60. The van der Waals surface area contributed by atoms with Crippen LogP contribution >= 0.6 is 11.6 Å². The molecule has 0 unspecified atom stereocenters. The van der Waals surface area contributed by atoms with E-state index in [-0.39, 0.29) is 11.5 Å². The fourth-order valence-electron chi connectivity index (χ4n) is 1.26. The van der Waals surface area contributed by atoms with Gasteiger partial charge in [-0.05, 0) is 23.1 Å². The van der Waals surface area contributed by atoms with Gasteiger partial charge in [-0.2, -0.15) is 0 Å². The summed E-state index contributed by atoms with van der Waals surface area (Å²) in [5.41, 5.74) is 13.4. The number of halogens is 1. The lowest BCUT2D eigenvalue weighted by Crippen LogP contribution is -2.26. The van der Waals surface area contributed by atoms with Crippen molar-refractivity contribution in [1.29, 1.82) is 0 Å². The molecule has 0 aromatic heterocycles. The SMILES string of the molecule is CC(C)(C)[C@H](N)c1ccc(Cl)c(N)c1. The lowest BCUT2D eigenvalue weighted by Gasteiger charge is -2.27. The standard InChI is InChI=1S/C11H17ClN2/c1-11(2,3)10(14)7-4-5-8(12)9(13)6-7/h4-6,10H,13-14H2,1-3H3/t10-/m1/s1. The third-order valence-corrected chi connectivity index (χ3v) is 2.66. The lowest BCUT2D eigenvalue weighted by atomic mass is 9.83. The Labute approximate surface area is 90.2 Å². The minimum atomic E-state index is -0.0259. The Bertz CT molecular complexity index is 329. The van der Waals surface area contributed by atoms with E-state index >= 15 is 0 Å². The summed E-state index contributed by atoms with van der Waals surface area (Å²) in [6.07, 6.45) is 0. The number of nitrogen functional groups attached to an aromatic ring is 1. The Morgan fingerprint density at radius 1 is 1.29 bits per heavy atom. The Balaban J connectivity index is 3.03. The average molecular weight is 213 g/mol. The van der Waals surface area contributed by atoms with Gasteiger partial charge in [-0.1, -0.05) is 38.4 Å². The quantitative estimate of drug-likeness (QED) is 0.704. The molecule has 1 aromatic carbocycles. The summed E-state index contributed by atoms with van der Waals surface area (Å²) >= 11 is 5.83. The summed E-state index contributed by atoms with van der Waals surface area (Å²) < 4.78 is 0. The van der Waals surface area contributed by atoms with Crippen molar-refractivity contribution in [3.8, 4) is 0 Å². The van der Waals surface area contributed by atoms with Crippen LogP contribution in [0.25, 0.3) is 0 Å². The van der Waals surface area contributed by atoms with Crippen molar-refractivity contribution in [2.75, 3.05) is 5.73 Å². The second kappa shape index (κ2) is 3.79. The fourth-order valence-corrected chi connectivity index (χ4v) is 1.37. The first-order valence-electron chi connectivity index (χ1n) is 4.63. The summed E-state index contributed by atoms with van der Waals surface area (Å²) in [6, 6.07) is 5.53. The van der Waals surface area contributed by atoms with Crippen LogP contribution in [0.1, 0.15) is 32.4 Å². The van der Waals surface area contributed by atoms with Crippen LogP contribution in [0.2, 0.25) is 5.02 Å². The highest BCUT2D eigenvalue weighted by Gasteiger charge is 2.22. The van der Waals surface area contributed by atoms with Crippen LogP contribution < -0.4 is 11.5 Å². The third kappa shape index (κ3) is 2.40. The van der Waals surface area contributed by atoms with E-state index in [1.165, 1.54) is 0 Å². The van der Waals surface area contributed by atoms with Crippen LogP contribution in [-0.4, -0.2) is 0 Å². The van der Waals surface area contributed by atoms with Crippen LogP contribution in [0.15, 0.2) is 18.2 Å². The van der Waals surface area contributed by atoms with Gasteiger partial charge in [0.1, 0.15) is 0 Å². The van der Waals surface area contributed by atoms with Crippen molar-refractivity contribution in [2.24, 2.45) is 11.1 Å². The molecule has 3 heteroatoms. The molecule has 0 heterocycles. The van der Waals surface area contributed by atoms with E-state index in [1.54, 1.807) is 6.07 Å². The molecule has 0 amide bonds. The molecular formula is C11H17ClN2. The van der Waals surface area contributed by atoms with Crippen molar-refractivity contribution in [3.63, 3.8) is 0 Å². The van der Waals surface area contributed by atoms with Gasteiger partial charge in [0, 0.05) is 6.04 Å². The Morgan fingerprint density at radius 3 is 2.29 bits per heavy atom. The van der Waals surface area contributed by atoms with Crippen LogP contribution in [-0.2, 0) is 0 Å².